The molecule has 1 aliphatic heterocycles. The Bertz CT molecular complexity index is 831. The van der Waals surface area contributed by atoms with Crippen LogP contribution in [-0.4, -0.2) is 35.3 Å². The maximum atomic E-state index is 13.6. The lowest BCUT2D eigenvalue weighted by Crippen LogP contribution is -2.39. The second-order valence-electron chi connectivity index (χ2n) is 8.91. The van der Waals surface area contributed by atoms with Gasteiger partial charge in [0.2, 0.25) is 0 Å². The van der Waals surface area contributed by atoms with Crippen molar-refractivity contribution < 1.29 is 4.79 Å². The maximum Gasteiger partial charge on any atom is 0.279 e. The molecule has 1 aliphatic rings. The van der Waals surface area contributed by atoms with E-state index in [9.17, 15) is 4.79 Å². The summed E-state index contributed by atoms with van der Waals surface area (Å²) in [5.74, 6) is 0.286. The first-order valence-corrected chi connectivity index (χ1v) is 9.85. The van der Waals surface area contributed by atoms with Crippen LogP contribution in [0.5, 0.6) is 0 Å². The van der Waals surface area contributed by atoms with E-state index in [0.717, 1.165) is 30.0 Å². The molecule has 2 aromatic rings. The molecule has 1 amide bonds. The summed E-state index contributed by atoms with van der Waals surface area (Å²) in [4.78, 5) is 17.7. The summed E-state index contributed by atoms with van der Waals surface area (Å²) in [5.41, 5.74) is 3.51. The van der Waals surface area contributed by atoms with Gasteiger partial charge >= 0.3 is 0 Å². The van der Waals surface area contributed by atoms with E-state index in [0.29, 0.717) is 11.6 Å². The van der Waals surface area contributed by atoms with Crippen LogP contribution in [-0.2, 0) is 5.54 Å². The van der Waals surface area contributed by atoms with Crippen molar-refractivity contribution in [3.63, 3.8) is 0 Å². The van der Waals surface area contributed by atoms with Crippen LogP contribution in [0.1, 0.15) is 70.1 Å². The summed E-state index contributed by atoms with van der Waals surface area (Å²) in [6.07, 6.45) is 0.925. The van der Waals surface area contributed by atoms with Crippen molar-refractivity contribution in [2.75, 3.05) is 23.4 Å². The summed E-state index contributed by atoms with van der Waals surface area (Å²) >= 11 is 0. The number of fused-ring (bicyclic) bond motifs is 1. The minimum absolute atomic E-state index is 0.0184. The van der Waals surface area contributed by atoms with Crippen LogP contribution in [0.2, 0.25) is 0 Å². The lowest BCUT2D eigenvalue weighted by atomic mass is 10.1. The number of benzene rings is 1. The van der Waals surface area contributed by atoms with Crippen molar-refractivity contribution in [2.24, 2.45) is 0 Å². The van der Waals surface area contributed by atoms with E-state index in [1.54, 1.807) is 0 Å². The fourth-order valence-electron chi connectivity index (χ4n) is 3.74. The number of anilines is 2. The second kappa shape index (κ2) is 7.02. The molecule has 1 aromatic carbocycles. The quantitative estimate of drug-likeness (QED) is 0.776. The molecule has 2 heterocycles. The van der Waals surface area contributed by atoms with Crippen LogP contribution >= 0.6 is 0 Å². The first-order valence-electron chi connectivity index (χ1n) is 9.85. The van der Waals surface area contributed by atoms with Gasteiger partial charge in [-0.15, -0.1) is 0 Å². The van der Waals surface area contributed by atoms with Gasteiger partial charge in [-0.3, -0.25) is 9.48 Å². The largest absolute Gasteiger partial charge is 0.373 e. The molecule has 0 saturated heterocycles. The molecule has 0 spiro atoms. The number of hydrogen-bond donors (Lipinski definition) is 0. The molecule has 5 nitrogen and oxygen atoms in total. The highest BCUT2D eigenvalue weighted by Gasteiger charge is 2.32. The Morgan fingerprint density at radius 2 is 1.81 bits per heavy atom. The van der Waals surface area contributed by atoms with E-state index < -0.39 is 0 Å². The van der Waals surface area contributed by atoms with Crippen LogP contribution in [0.3, 0.4) is 0 Å². The van der Waals surface area contributed by atoms with Gasteiger partial charge in [-0.05, 0) is 58.2 Å². The van der Waals surface area contributed by atoms with Crippen LogP contribution in [0.25, 0.3) is 0 Å². The summed E-state index contributed by atoms with van der Waals surface area (Å²) in [5, 5.41) is 4.75. The Morgan fingerprint density at radius 3 is 2.37 bits per heavy atom. The summed E-state index contributed by atoms with van der Waals surface area (Å²) in [7, 11) is 2.09. The predicted molar refractivity (Wildman–Crippen MR) is 112 cm³/mol. The third-order valence-electron chi connectivity index (χ3n) is 5.28. The summed E-state index contributed by atoms with van der Waals surface area (Å²) in [6.45, 7) is 13.7. The van der Waals surface area contributed by atoms with Crippen LogP contribution in [0.15, 0.2) is 30.3 Å². The number of para-hydroxylation sites is 2. The highest BCUT2D eigenvalue weighted by Crippen LogP contribution is 2.35. The minimum Gasteiger partial charge on any atom is -0.373 e. The number of carbonyl (C=O) groups excluding carboxylic acids is 1. The number of carbonyl (C=O) groups is 1. The third kappa shape index (κ3) is 3.60. The van der Waals surface area contributed by atoms with Crippen molar-refractivity contribution in [1.82, 2.24) is 9.78 Å². The van der Waals surface area contributed by atoms with Crippen LogP contribution < -0.4 is 9.80 Å². The topological polar surface area (TPSA) is 41.4 Å². The molecule has 3 rings (SSSR count). The third-order valence-corrected chi connectivity index (χ3v) is 5.28. The van der Waals surface area contributed by atoms with E-state index in [4.69, 9.17) is 5.10 Å². The Balaban J connectivity index is 2.09. The Labute approximate surface area is 163 Å². The highest BCUT2D eigenvalue weighted by molar-refractivity contribution is 6.07. The molecular formula is C22H32N4O. The van der Waals surface area contributed by atoms with Gasteiger partial charge in [0.25, 0.3) is 5.91 Å². The average molecular weight is 369 g/mol. The lowest BCUT2D eigenvalue weighted by molar-refractivity contribution is 0.0972. The molecule has 0 saturated carbocycles. The number of hydrogen-bond acceptors (Lipinski definition) is 3. The molecule has 1 atom stereocenters. The van der Waals surface area contributed by atoms with Crippen molar-refractivity contribution in [2.45, 2.75) is 65.5 Å². The zero-order chi connectivity index (χ0) is 19.9. The fourth-order valence-corrected chi connectivity index (χ4v) is 3.74. The van der Waals surface area contributed by atoms with Crippen molar-refractivity contribution in [1.29, 1.82) is 0 Å². The van der Waals surface area contributed by atoms with Gasteiger partial charge in [-0.1, -0.05) is 26.0 Å². The van der Waals surface area contributed by atoms with Gasteiger partial charge in [-0.25, -0.2) is 0 Å². The number of nitrogens with zero attached hydrogens (tertiary/aromatic N) is 4. The Kier molecular flexibility index (Phi) is 5.06. The van der Waals surface area contributed by atoms with Gasteiger partial charge in [0, 0.05) is 25.3 Å². The SMILES string of the molecule is CC(C)c1cc(C(=O)N2c3ccccc3N(C)CC[C@H]2C)nn1C(C)(C)C. The molecule has 0 aliphatic carbocycles. The number of rotatable bonds is 2. The standard InChI is InChI=1S/C22H32N4O/c1-15(2)20-14-17(23-26(20)22(4,5)6)21(27)25-16(3)12-13-24(7)18-10-8-9-11-19(18)25/h8-11,14-16H,12-13H2,1-7H3/t16-/m1/s1. The smallest absolute Gasteiger partial charge is 0.279 e. The van der Waals surface area contributed by atoms with Gasteiger partial charge in [0.1, 0.15) is 0 Å². The lowest BCUT2D eigenvalue weighted by Gasteiger charge is -2.28. The average Bonchev–Trinajstić information content (AvgIpc) is 3.01. The van der Waals surface area contributed by atoms with Crippen molar-refractivity contribution in [3.05, 3.63) is 41.7 Å². The monoisotopic (exact) mass is 368 g/mol. The first kappa shape index (κ1) is 19.5. The Hall–Kier alpha value is -2.30. The zero-order valence-corrected chi connectivity index (χ0v) is 17.7. The zero-order valence-electron chi connectivity index (χ0n) is 17.7. The van der Waals surface area contributed by atoms with E-state index >= 15 is 0 Å². The molecule has 0 unspecified atom stereocenters. The van der Waals surface area contributed by atoms with Crippen LogP contribution in [0, 0.1) is 0 Å². The second-order valence-corrected chi connectivity index (χ2v) is 8.91. The fraction of sp³-hybridized carbons (Fsp3) is 0.545. The molecule has 0 bridgehead atoms. The normalized spacial score (nSPS) is 17.9. The highest BCUT2D eigenvalue weighted by atomic mass is 16.2. The van der Waals surface area contributed by atoms with Crippen LogP contribution in [0.4, 0.5) is 11.4 Å². The van der Waals surface area contributed by atoms with Gasteiger partial charge in [-0.2, -0.15) is 5.10 Å². The van der Waals surface area contributed by atoms with E-state index in [-0.39, 0.29) is 17.5 Å². The molecule has 0 fully saturated rings. The summed E-state index contributed by atoms with van der Waals surface area (Å²) in [6, 6.07) is 10.2. The first-order chi connectivity index (χ1) is 12.6. The molecule has 146 valence electrons. The molecule has 0 N–H and O–H groups in total. The van der Waals surface area contributed by atoms with Gasteiger partial charge in [0.15, 0.2) is 5.69 Å². The van der Waals surface area contributed by atoms with Crippen molar-refractivity contribution in [3.8, 4) is 0 Å². The maximum absolute atomic E-state index is 13.6. The molecular weight excluding hydrogens is 336 g/mol. The van der Waals surface area contributed by atoms with E-state index in [1.165, 1.54) is 0 Å². The van der Waals surface area contributed by atoms with Gasteiger partial charge < -0.3 is 9.80 Å². The molecule has 27 heavy (non-hydrogen) atoms. The van der Waals surface area contributed by atoms with Crippen molar-refractivity contribution >= 4 is 17.3 Å². The van der Waals surface area contributed by atoms with E-state index in [1.807, 2.05) is 33.8 Å². The predicted octanol–water partition coefficient (Wildman–Crippen LogP) is 4.64. The van der Waals surface area contributed by atoms with E-state index in [2.05, 4.69) is 59.6 Å². The summed E-state index contributed by atoms with van der Waals surface area (Å²) < 4.78 is 2.01. The molecule has 1 aromatic heterocycles. The minimum atomic E-state index is -0.166. The molecule has 5 heteroatoms. The number of amides is 1. The number of aromatic nitrogens is 2. The van der Waals surface area contributed by atoms with Gasteiger partial charge in [0.05, 0.1) is 16.9 Å². The molecule has 0 radical (unpaired) electrons. The Morgan fingerprint density at radius 1 is 1.19 bits per heavy atom.